The zero-order valence-electron chi connectivity index (χ0n) is 13.9. The van der Waals surface area contributed by atoms with Crippen LogP contribution in [-0.4, -0.2) is 49.5 Å². The summed E-state index contributed by atoms with van der Waals surface area (Å²) >= 11 is 0. The van der Waals surface area contributed by atoms with Crippen LogP contribution in [0.3, 0.4) is 0 Å². The summed E-state index contributed by atoms with van der Waals surface area (Å²) < 4.78 is 1.27. The molecule has 0 saturated carbocycles. The van der Waals surface area contributed by atoms with E-state index in [-0.39, 0.29) is 24.2 Å². The van der Waals surface area contributed by atoms with Gasteiger partial charge in [0, 0.05) is 12.6 Å². The first kappa shape index (κ1) is 17.7. The average Bonchev–Trinajstić information content (AvgIpc) is 3.04. The molecule has 0 aliphatic carbocycles. The number of benzene rings is 1. The fourth-order valence-electron chi connectivity index (χ4n) is 2.70. The van der Waals surface area contributed by atoms with Crippen molar-refractivity contribution in [1.29, 1.82) is 0 Å². The molecule has 0 bridgehead atoms. The summed E-state index contributed by atoms with van der Waals surface area (Å²) in [6, 6.07) is 10.1. The van der Waals surface area contributed by atoms with Crippen molar-refractivity contribution in [2.45, 2.75) is 39.3 Å². The van der Waals surface area contributed by atoms with Crippen LogP contribution < -0.4 is 0 Å². The molecule has 1 aromatic heterocycles. The van der Waals surface area contributed by atoms with E-state index in [2.05, 4.69) is 29.4 Å². The lowest BCUT2D eigenvalue weighted by atomic mass is 10.0. The quantitative estimate of drug-likeness (QED) is 0.798. The molecule has 2 rings (SSSR count). The van der Waals surface area contributed by atoms with Crippen LogP contribution in [0.1, 0.15) is 36.3 Å². The van der Waals surface area contributed by atoms with Crippen molar-refractivity contribution in [1.82, 2.24) is 19.9 Å². The third-order valence-electron chi connectivity index (χ3n) is 3.94. The van der Waals surface area contributed by atoms with Gasteiger partial charge < -0.3 is 10.0 Å². The predicted molar refractivity (Wildman–Crippen MR) is 88.6 cm³/mol. The molecule has 24 heavy (non-hydrogen) atoms. The molecule has 0 saturated heterocycles. The summed E-state index contributed by atoms with van der Waals surface area (Å²) in [5.74, 6) is -1.25. The summed E-state index contributed by atoms with van der Waals surface area (Å²) in [6.07, 6.45) is 2.90. The second-order valence-corrected chi connectivity index (χ2v) is 5.54. The number of rotatable bonds is 8. The molecule has 2 aromatic rings. The lowest BCUT2D eigenvalue weighted by Gasteiger charge is -2.30. The van der Waals surface area contributed by atoms with E-state index < -0.39 is 5.97 Å². The topological polar surface area (TPSA) is 88.3 Å². The van der Waals surface area contributed by atoms with Gasteiger partial charge in [0.2, 0.25) is 5.91 Å². The number of amides is 1. The number of carboxylic acid groups (broad SMARTS) is 1. The monoisotopic (exact) mass is 330 g/mol. The lowest BCUT2D eigenvalue weighted by Crippen LogP contribution is -2.43. The Balaban J connectivity index is 2.06. The first-order chi connectivity index (χ1) is 11.5. The van der Waals surface area contributed by atoms with Gasteiger partial charge in [-0.05, 0) is 25.3 Å². The Morgan fingerprint density at radius 1 is 1.25 bits per heavy atom. The maximum absolute atomic E-state index is 12.6. The SMILES string of the molecule is CCC(Cc1ccccc1)N(CC)C(=O)Cn1cc(C(=O)O)nn1. The number of hydrogen-bond donors (Lipinski definition) is 1. The van der Waals surface area contributed by atoms with E-state index in [1.54, 1.807) is 0 Å². The molecular weight excluding hydrogens is 308 g/mol. The zero-order chi connectivity index (χ0) is 17.5. The van der Waals surface area contributed by atoms with Gasteiger partial charge >= 0.3 is 5.97 Å². The first-order valence-electron chi connectivity index (χ1n) is 8.02. The highest BCUT2D eigenvalue weighted by atomic mass is 16.4. The number of carbonyl (C=O) groups is 2. The summed E-state index contributed by atoms with van der Waals surface area (Å²) in [6.45, 7) is 4.57. The Morgan fingerprint density at radius 2 is 1.96 bits per heavy atom. The molecule has 7 nitrogen and oxygen atoms in total. The van der Waals surface area contributed by atoms with E-state index in [0.29, 0.717) is 6.54 Å². The van der Waals surface area contributed by atoms with Gasteiger partial charge in [0.15, 0.2) is 5.69 Å². The second-order valence-electron chi connectivity index (χ2n) is 5.54. The van der Waals surface area contributed by atoms with Gasteiger partial charge in [-0.2, -0.15) is 0 Å². The van der Waals surface area contributed by atoms with Crippen molar-refractivity contribution in [3.8, 4) is 0 Å². The van der Waals surface area contributed by atoms with E-state index in [1.807, 2.05) is 30.0 Å². The van der Waals surface area contributed by atoms with Gasteiger partial charge in [0.1, 0.15) is 6.54 Å². The fourth-order valence-corrected chi connectivity index (χ4v) is 2.70. The van der Waals surface area contributed by atoms with Crippen LogP contribution in [-0.2, 0) is 17.8 Å². The first-order valence-corrected chi connectivity index (χ1v) is 8.02. The number of aromatic carboxylic acids is 1. The second kappa shape index (κ2) is 8.24. The minimum Gasteiger partial charge on any atom is -0.476 e. The average molecular weight is 330 g/mol. The Bertz CT molecular complexity index is 684. The molecule has 0 aliphatic rings. The van der Waals surface area contributed by atoms with Crippen molar-refractivity contribution in [3.05, 3.63) is 47.8 Å². The molecule has 1 atom stereocenters. The maximum Gasteiger partial charge on any atom is 0.358 e. The molecule has 0 aliphatic heterocycles. The van der Waals surface area contributed by atoms with Crippen LogP contribution in [0, 0.1) is 0 Å². The van der Waals surface area contributed by atoms with Crippen molar-refractivity contribution >= 4 is 11.9 Å². The van der Waals surface area contributed by atoms with Crippen LogP contribution in [0.15, 0.2) is 36.5 Å². The van der Waals surface area contributed by atoms with Gasteiger partial charge in [-0.15, -0.1) is 5.10 Å². The molecule has 1 heterocycles. The van der Waals surface area contributed by atoms with E-state index in [4.69, 9.17) is 5.11 Å². The van der Waals surface area contributed by atoms with Crippen LogP contribution in [0.2, 0.25) is 0 Å². The molecular formula is C17H22N4O3. The molecule has 0 spiro atoms. The number of hydrogen-bond acceptors (Lipinski definition) is 4. The van der Waals surface area contributed by atoms with Crippen LogP contribution in [0.25, 0.3) is 0 Å². The normalized spacial score (nSPS) is 11.9. The molecule has 1 N–H and O–H groups in total. The van der Waals surface area contributed by atoms with E-state index in [9.17, 15) is 9.59 Å². The summed E-state index contributed by atoms with van der Waals surface area (Å²) in [7, 11) is 0. The Labute approximate surface area is 140 Å². The minimum atomic E-state index is -1.16. The number of likely N-dealkylation sites (N-methyl/N-ethyl adjacent to an activating group) is 1. The maximum atomic E-state index is 12.6. The Kier molecular flexibility index (Phi) is 6.06. The fraction of sp³-hybridized carbons (Fsp3) is 0.412. The van der Waals surface area contributed by atoms with Crippen molar-refractivity contribution < 1.29 is 14.7 Å². The lowest BCUT2D eigenvalue weighted by molar-refractivity contribution is -0.134. The Hall–Kier alpha value is -2.70. The Morgan fingerprint density at radius 3 is 2.50 bits per heavy atom. The van der Waals surface area contributed by atoms with E-state index in [1.165, 1.54) is 16.4 Å². The highest BCUT2D eigenvalue weighted by Gasteiger charge is 2.22. The number of carboxylic acids is 1. The van der Waals surface area contributed by atoms with E-state index in [0.717, 1.165) is 12.8 Å². The van der Waals surface area contributed by atoms with Crippen molar-refractivity contribution in [2.24, 2.45) is 0 Å². The third-order valence-corrected chi connectivity index (χ3v) is 3.94. The highest BCUT2D eigenvalue weighted by Crippen LogP contribution is 2.13. The van der Waals surface area contributed by atoms with Gasteiger partial charge in [0.05, 0.1) is 6.20 Å². The molecule has 128 valence electrons. The van der Waals surface area contributed by atoms with Crippen LogP contribution in [0.4, 0.5) is 0 Å². The highest BCUT2D eigenvalue weighted by molar-refractivity contribution is 5.84. The molecule has 0 fully saturated rings. The molecule has 1 unspecified atom stereocenters. The zero-order valence-corrected chi connectivity index (χ0v) is 13.9. The molecule has 1 amide bonds. The van der Waals surface area contributed by atoms with E-state index >= 15 is 0 Å². The summed E-state index contributed by atoms with van der Waals surface area (Å²) in [4.78, 5) is 25.3. The molecule has 7 heteroatoms. The predicted octanol–water partition coefficient (Wildman–Crippen LogP) is 1.85. The largest absolute Gasteiger partial charge is 0.476 e. The third kappa shape index (κ3) is 4.41. The number of nitrogens with zero attached hydrogens (tertiary/aromatic N) is 4. The van der Waals surface area contributed by atoms with Crippen LogP contribution in [0.5, 0.6) is 0 Å². The van der Waals surface area contributed by atoms with Gasteiger partial charge in [0.25, 0.3) is 0 Å². The van der Waals surface area contributed by atoms with Gasteiger partial charge in [-0.1, -0.05) is 42.5 Å². The smallest absolute Gasteiger partial charge is 0.358 e. The minimum absolute atomic E-state index is 0.0145. The summed E-state index contributed by atoms with van der Waals surface area (Å²) in [5, 5.41) is 16.1. The standard InChI is InChI=1S/C17H22N4O3/c1-3-14(10-13-8-6-5-7-9-13)21(4-2)16(22)12-20-11-15(17(23)24)18-19-20/h5-9,11,14H,3-4,10,12H2,1-2H3,(H,23,24). The van der Waals surface area contributed by atoms with Crippen molar-refractivity contribution in [3.63, 3.8) is 0 Å². The van der Waals surface area contributed by atoms with Gasteiger partial charge in [-0.3, -0.25) is 4.79 Å². The number of aromatic nitrogens is 3. The number of carbonyl (C=O) groups excluding carboxylic acids is 1. The molecule has 0 radical (unpaired) electrons. The van der Waals surface area contributed by atoms with Crippen molar-refractivity contribution in [2.75, 3.05) is 6.54 Å². The van der Waals surface area contributed by atoms with Gasteiger partial charge in [-0.25, -0.2) is 9.48 Å². The van der Waals surface area contributed by atoms with Crippen LogP contribution >= 0.6 is 0 Å². The summed E-state index contributed by atoms with van der Waals surface area (Å²) in [5.41, 5.74) is 1.02. The molecule has 1 aromatic carbocycles.